The fourth-order valence-corrected chi connectivity index (χ4v) is 1.65. The number of nitriles is 1. The van der Waals surface area contributed by atoms with Gasteiger partial charge in [0, 0.05) is 18.0 Å². The average molecular weight is 288 g/mol. The highest BCUT2D eigenvalue weighted by Crippen LogP contribution is 2.15. The van der Waals surface area contributed by atoms with E-state index in [1.54, 1.807) is 30.3 Å². The zero-order valence-electron chi connectivity index (χ0n) is 10.3. The Balaban J connectivity index is 1.91. The van der Waals surface area contributed by atoms with Gasteiger partial charge in [0.1, 0.15) is 5.75 Å². The van der Waals surface area contributed by atoms with Crippen LogP contribution in [-0.2, 0) is 4.79 Å². The molecule has 0 spiro atoms. The SMILES string of the molecule is N#Cc1cccc(NC(=O)COc2cncc(Cl)c2)c1. The molecule has 0 atom stereocenters. The Hall–Kier alpha value is -2.58. The number of carbonyl (C=O) groups is 1. The summed E-state index contributed by atoms with van der Waals surface area (Å²) >= 11 is 5.75. The van der Waals surface area contributed by atoms with Gasteiger partial charge in [-0.15, -0.1) is 0 Å². The van der Waals surface area contributed by atoms with Crippen LogP contribution < -0.4 is 10.1 Å². The number of halogens is 1. The normalized spacial score (nSPS) is 9.60. The Morgan fingerprint density at radius 1 is 1.40 bits per heavy atom. The van der Waals surface area contributed by atoms with E-state index in [0.717, 1.165) is 0 Å². The molecule has 0 saturated heterocycles. The van der Waals surface area contributed by atoms with Gasteiger partial charge in [0.2, 0.25) is 0 Å². The van der Waals surface area contributed by atoms with E-state index in [0.29, 0.717) is 22.0 Å². The van der Waals surface area contributed by atoms with Crippen molar-refractivity contribution in [1.29, 1.82) is 5.26 Å². The molecule has 0 saturated carbocycles. The second kappa shape index (κ2) is 6.55. The molecule has 5 nitrogen and oxygen atoms in total. The van der Waals surface area contributed by atoms with Gasteiger partial charge in [0.05, 0.1) is 22.9 Å². The molecule has 1 heterocycles. The molecule has 0 bridgehead atoms. The van der Waals surface area contributed by atoms with E-state index in [9.17, 15) is 4.79 Å². The minimum atomic E-state index is -0.333. The van der Waals surface area contributed by atoms with E-state index in [1.165, 1.54) is 12.4 Å². The zero-order chi connectivity index (χ0) is 14.4. The average Bonchev–Trinajstić information content (AvgIpc) is 2.45. The maximum Gasteiger partial charge on any atom is 0.262 e. The Bertz CT molecular complexity index is 667. The van der Waals surface area contributed by atoms with E-state index in [2.05, 4.69) is 10.3 Å². The van der Waals surface area contributed by atoms with E-state index in [-0.39, 0.29) is 12.5 Å². The van der Waals surface area contributed by atoms with Crippen molar-refractivity contribution in [3.63, 3.8) is 0 Å². The summed E-state index contributed by atoms with van der Waals surface area (Å²) in [4.78, 5) is 15.5. The second-order valence-corrected chi connectivity index (χ2v) is 4.30. The fraction of sp³-hybridized carbons (Fsp3) is 0.0714. The summed E-state index contributed by atoms with van der Waals surface area (Å²) in [6, 6.07) is 10.2. The number of rotatable bonds is 4. The van der Waals surface area contributed by atoms with E-state index in [1.807, 2.05) is 6.07 Å². The first-order valence-electron chi connectivity index (χ1n) is 5.71. The molecule has 1 N–H and O–H groups in total. The summed E-state index contributed by atoms with van der Waals surface area (Å²) in [5, 5.41) is 11.8. The van der Waals surface area contributed by atoms with Gasteiger partial charge in [-0.05, 0) is 18.2 Å². The molecule has 1 amide bonds. The molecule has 20 heavy (non-hydrogen) atoms. The van der Waals surface area contributed by atoms with Crippen LogP contribution in [0.4, 0.5) is 5.69 Å². The number of hydrogen-bond donors (Lipinski definition) is 1. The number of aromatic nitrogens is 1. The smallest absolute Gasteiger partial charge is 0.262 e. The van der Waals surface area contributed by atoms with Crippen LogP contribution in [0.25, 0.3) is 0 Å². The molecule has 0 fully saturated rings. The van der Waals surface area contributed by atoms with Crippen molar-refractivity contribution in [2.45, 2.75) is 0 Å². The molecule has 0 unspecified atom stereocenters. The van der Waals surface area contributed by atoms with E-state index >= 15 is 0 Å². The lowest BCUT2D eigenvalue weighted by Crippen LogP contribution is -2.20. The third-order valence-electron chi connectivity index (χ3n) is 2.33. The molecular weight excluding hydrogens is 278 g/mol. The largest absolute Gasteiger partial charge is 0.482 e. The van der Waals surface area contributed by atoms with Gasteiger partial charge in [0.15, 0.2) is 6.61 Å². The molecule has 2 rings (SSSR count). The highest BCUT2D eigenvalue weighted by Gasteiger charge is 2.05. The van der Waals surface area contributed by atoms with Crippen LogP contribution in [0.15, 0.2) is 42.7 Å². The molecule has 0 aliphatic heterocycles. The van der Waals surface area contributed by atoms with Gasteiger partial charge in [-0.2, -0.15) is 5.26 Å². The summed E-state index contributed by atoms with van der Waals surface area (Å²) in [5.41, 5.74) is 1.02. The molecule has 6 heteroatoms. The first kappa shape index (κ1) is 13.8. The Morgan fingerprint density at radius 2 is 2.25 bits per heavy atom. The van der Waals surface area contributed by atoms with Gasteiger partial charge < -0.3 is 10.1 Å². The lowest BCUT2D eigenvalue weighted by Gasteiger charge is -2.07. The number of nitrogens with zero attached hydrogens (tertiary/aromatic N) is 2. The van der Waals surface area contributed by atoms with Crippen molar-refractivity contribution in [1.82, 2.24) is 4.98 Å². The topological polar surface area (TPSA) is 75.0 Å². The van der Waals surface area contributed by atoms with Crippen LogP contribution in [0.1, 0.15) is 5.56 Å². The second-order valence-electron chi connectivity index (χ2n) is 3.87. The van der Waals surface area contributed by atoms with Crippen molar-refractivity contribution < 1.29 is 9.53 Å². The van der Waals surface area contributed by atoms with Gasteiger partial charge in [-0.25, -0.2) is 0 Å². The molecule has 0 aliphatic rings. The summed E-state index contributed by atoms with van der Waals surface area (Å²) in [5.74, 6) is 0.0819. The van der Waals surface area contributed by atoms with Crippen LogP contribution in [0.3, 0.4) is 0 Å². The maximum atomic E-state index is 11.7. The van der Waals surface area contributed by atoms with E-state index < -0.39 is 0 Å². The number of ether oxygens (including phenoxy) is 1. The van der Waals surface area contributed by atoms with Crippen molar-refractivity contribution in [3.05, 3.63) is 53.3 Å². The highest BCUT2D eigenvalue weighted by molar-refractivity contribution is 6.30. The van der Waals surface area contributed by atoms with Crippen LogP contribution >= 0.6 is 11.6 Å². The number of hydrogen-bond acceptors (Lipinski definition) is 4. The van der Waals surface area contributed by atoms with Gasteiger partial charge >= 0.3 is 0 Å². The summed E-state index contributed by atoms with van der Waals surface area (Å²) in [6.45, 7) is -0.168. The fourth-order valence-electron chi connectivity index (χ4n) is 1.48. The third-order valence-corrected chi connectivity index (χ3v) is 2.53. The van der Waals surface area contributed by atoms with Crippen LogP contribution in [0.2, 0.25) is 5.02 Å². The first-order chi connectivity index (χ1) is 9.67. The van der Waals surface area contributed by atoms with Crippen molar-refractivity contribution in [3.8, 4) is 11.8 Å². The van der Waals surface area contributed by atoms with Crippen LogP contribution in [-0.4, -0.2) is 17.5 Å². The quantitative estimate of drug-likeness (QED) is 0.938. The minimum Gasteiger partial charge on any atom is -0.482 e. The Kier molecular flexibility index (Phi) is 4.53. The zero-order valence-corrected chi connectivity index (χ0v) is 11.1. The third kappa shape index (κ3) is 3.97. The molecule has 1 aromatic heterocycles. The van der Waals surface area contributed by atoms with Crippen LogP contribution in [0, 0.1) is 11.3 Å². The first-order valence-corrected chi connectivity index (χ1v) is 6.08. The number of pyridine rings is 1. The van der Waals surface area contributed by atoms with Gasteiger partial charge in [0.25, 0.3) is 5.91 Å². The minimum absolute atomic E-state index is 0.168. The summed E-state index contributed by atoms with van der Waals surface area (Å²) in [7, 11) is 0. The predicted molar refractivity (Wildman–Crippen MR) is 74.5 cm³/mol. The monoisotopic (exact) mass is 287 g/mol. The molecule has 1 aromatic carbocycles. The number of anilines is 1. The summed E-state index contributed by atoms with van der Waals surface area (Å²) in [6.07, 6.45) is 2.94. The molecular formula is C14H10ClN3O2. The van der Waals surface area contributed by atoms with Gasteiger partial charge in [-0.3, -0.25) is 9.78 Å². The van der Waals surface area contributed by atoms with Crippen molar-refractivity contribution in [2.75, 3.05) is 11.9 Å². The lowest BCUT2D eigenvalue weighted by atomic mass is 10.2. The van der Waals surface area contributed by atoms with Gasteiger partial charge in [-0.1, -0.05) is 17.7 Å². The molecule has 0 aliphatic carbocycles. The maximum absolute atomic E-state index is 11.7. The Labute approximate surface area is 120 Å². The number of benzene rings is 1. The molecule has 2 aromatic rings. The standard InChI is InChI=1S/C14H10ClN3O2/c15-11-5-13(8-17-7-11)20-9-14(19)18-12-3-1-2-10(4-12)6-16/h1-5,7-8H,9H2,(H,18,19). The highest BCUT2D eigenvalue weighted by atomic mass is 35.5. The Morgan fingerprint density at radius 3 is 3.00 bits per heavy atom. The van der Waals surface area contributed by atoms with Crippen molar-refractivity contribution >= 4 is 23.2 Å². The molecule has 0 radical (unpaired) electrons. The number of carbonyl (C=O) groups excluding carboxylic acids is 1. The number of amides is 1. The van der Waals surface area contributed by atoms with Crippen LogP contribution in [0.5, 0.6) is 5.75 Å². The lowest BCUT2D eigenvalue weighted by molar-refractivity contribution is -0.118. The molecule has 100 valence electrons. The van der Waals surface area contributed by atoms with Crippen molar-refractivity contribution in [2.24, 2.45) is 0 Å². The van der Waals surface area contributed by atoms with E-state index in [4.69, 9.17) is 21.6 Å². The summed E-state index contributed by atoms with van der Waals surface area (Å²) < 4.78 is 5.25. The predicted octanol–water partition coefficient (Wildman–Crippen LogP) is 2.62. The number of nitrogens with one attached hydrogen (secondary N) is 1.